The number of amidine groups is 1. The molecule has 1 aromatic heterocycles. The number of amides is 1. The van der Waals surface area contributed by atoms with Gasteiger partial charge >= 0.3 is 0 Å². The first-order valence-electron chi connectivity index (χ1n) is 4.80. The summed E-state index contributed by atoms with van der Waals surface area (Å²) in [5, 5.41) is 10.8. The number of rotatable bonds is 2. The molecule has 2 heterocycles. The van der Waals surface area contributed by atoms with E-state index in [9.17, 15) is 4.79 Å². The first-order chi connectivity index (χ1) is 7.65. The van der Waals surface area contributed by atoms with E-state index in [1.807, 2.05) is 26.0 Å². The topological polar surface area (TPSA) is 67.0 Å². The SMILES string of the molecule is Cc1ccc(/C=N\N=C2\NC(=O)C(C)S2)o1. The molecule has 0 bridgehead atoms. The van der Waals surface area contributed by atoms with E-state index in [0.29, 0.717) is 10.9 Å². The second kappa shape index (κ2) is 4.52. The lowest BCUT2D eigenvalue weighted by Gasteiger charge is -1.88. The van der Waals surface area contributed by atoms with Gasteiger partial charge in [0.2, 0.25) is 5.91 Å². The zero-order valence-electron chi connectivity index (χ0n) is 8.93. The third kappa shape index (κ3) is 2.52. The molecular formula is C10H11N3O2S. The number of thioether (sulfide) groups is 1. The minimum Gasteiger partial charge on any atom is -0.460 e. The maximum atomic E-state index is 11.1. The lowest BCUT2D eigenvalue weighted by atomic mass is 10.4. The molecule has 1 N–H and O–H groups in total. The fourth-order valence-corrected chi connectivity index (χ4v) is 1.92. The lowest BCUT2D eigenvalue weighted by Crippen LogP contribution is -2.23. The summed E-state index contributed by atoms with van der Waals surface area (Å²) in [4.78, 5) is 11.1. The highest BCUT2D eigenvalue weighted by Gasteiger charge is 2.25. The number of hydrogen-bond acceptors (Lipinski definition) is 5. The number of aryl methyl sites for hydroxylation is 1. The van der Waals surface area contributed by atoms with Crippen molar-refractivity contribution in [2.24, 2.45) is 10.2 Å². The predicted octanol–water partition coefficient (Wildman–Crippen LogP) is 1.53. The zero-order valence-corrected chi connectivity index (χ0v) is 9.75. The van der Waals surface area contributed by atoms with E-state index in [2.05, 4.69) is 15.5 Å². The highest BCUT2D eigenvalue weighted by molar-refractivity contribution is 8.15. The van der Waals surface area contributed by atoms with Crippen molar-refractivity contribution in [3.8, 4) is 0 Å². The number of nitrogens with zero attached hydrogens (tertiary/aromatic N) is 2. The number of carbonyl (C=O) groups is 1. The van der Waals surface area contributed by atoms with Gasteiger partial charge in [0.15, 0.2) is 5.17 Å². The highest BCUT2D eigenvalue weighted by Crippen LogP contribution is 2.18. The molecule has 1 aliphatic rings. The van der Waals surface area contributed by atoms with Crippen LogP contribution >= 0.6 is 11.8 Å². The van der Waals surface area contributed by atoms with Crippen LogP contribution in [0.4, 0.5) is 0 Å². The van der Waals surface area contributed by atoms with Gasteiger partial charge in [-0.2, -0.15) is 5.10 Å². The Hall–Kier alpha value is -1.56. The van der Waals surface area contributed by atoms with Crippen LogP contribution in [0.15, 0.2) is 26.8 Å². The van der Waals surface area contributed by atoms with Crippen molar-refractivity contribution in [1.82, 2.24) is 5.32 Å². The predicted molar refractivity (Wildman–Crippen MR) is 63.7 cm³/mol. The van der Waals surface area contributed by atoms with Crippen molar-refractivity contribution in [3.05, 3.63) is 23.7 Å². The fraction of sp³-hybridized carbons (Fsp3) is 0.300. The highest BCUT2D eigenvalue weighted by atomic mass is 32.2. The van der Waals surface area contributed by atoms with Crippen molar-refractivity contribution in [1.29, 1.82) is 0 Å². The smallest absolute Gasteiger partial charge is 0.239 e. The van der Waals surface area contributed by atoms with Gasteiger partial charge in [-0.15, -0.1) is 5.10 Å². The Morgan fingerprint density at radius 3 is 2.94 bits per heavy atom. The average Bonchev–Trinajstić information content (AvgIpc) is 2.75. The van der Waals surface area contributed by atoms with Gasteiger partial charge in [-0.05, 0) is 26.0 Å². The molecule has 0 aromatic carbocycles. The number of furan rings is 1. The van der Waals surface area contributed by atoms with Crippen LogP contribution in [0.2, 0.25) is 0 Å². The number of nitrogens with one attached hydrogen (secondary N) is 1. The molecule has 1 atom stereocenters. The summed E-state index contributed by atoms with van der Waals surface area (Å²) >= 11 is 1.36. The van der Waals surface area contributed by atoms with Gasteiger partial charge in [0.1, 0.15) is 11.5 Å². The standard InChI is InChI=1S/C10H11N3O2S/c1-6-3-4-8(15-6)5-11-13-10-12-9(14)7(2)16-10/h3-5,7H,1-2H3,(H,12,13,14)/b11-5-. The molecule has 0 saturated carbocycles. The molecule has 6 heteroatoms. The van der Waals surface area contributed by atoms with E-state index in [-0.39, 0.29) is 11.2 Å². The van der Waals surface area contributed by atoms with E-state index in [0.717, 1.165) is 5.76 Å². The third-order valence-electron chi connectivity index (χ3n) is 1.98. The summed E-state index contributed by atoms with van der Waals surface area (Å²) < 4.78 is 5.28. The Morgan fingerprint density at radius 1 is 1.56 bits per heavy atom. The molecule has 1 amide bonds. The van der Waals surface area contributed by atoms with Crippen molar-refractivity contribution < 1.29 is 9.21 Å². The molecule has 1 aromatic rings. The van der Waals surface area contributed by atoms with Gasteiger partial charge in [-0.25, -0.2) is 0 Å². The molecule has 0 radical (unpaired) electrons. The molecule has 84 valence electrons. The van der Waals surface area contributed by atoms with E-state index < -0.39 is 0 Å². The van der Waals surface area contributed by atoms with Crippen molar-refractivity contribution >= 4 is 29.1 Å². The van der Waals surface area contributed by atoms with Gasteiger partial charge in [-0.3, -0.25) is 4.79 Å². The molecule has 2 rings (SSSR count). The number of carbonyl (C=O) groups excluding carboxylic acids is 1. The van der Waals surface area contributed by atoms with E-state index in [4.69, 9.17) is 4.42 Å². The van der Waals surface area contributed by atoms with E-state index in [1.54, 1.807) is 0 Å². The maximum Gasteiger partial charge on any atom is 0.239 e. The Labute approximate surface area is 97.0 Å². The van der Waals surface area contributed by atoms with E-state index >= 15 is 0 Å². The Morgan fingerprint density at radius 2 is 2.38 bits per heavy atom. The largest absolute Gasteiger partial charge is 0.460 e. The Balaban J connectivity index is 1.99. The Kier molecular flexibility index (Phi) is 3.09. The summed E-state index contributed by atoms with van der Waals surface area (Å²) in [6.07, 6.45) is 1.51. The van der Waals surface area contributed by atoms with Crippen LogP contribution in [0.1, 0.15) is 18.4 Å². The molecule has 1 aliphatic heterocycles. The van der Waals surface area contributed by atoms with Crippen LogP contribution in [-0.2, 0) is 4.79 Å². The normalized spacial score (nSPS) is 23.2. The van der Waals surface area contributed by atoms with Crippen LogP contribution in [0.5, 0.6) is 0 Å². The lowest BCUT2D eigenvalue weighted by molar-refractivity contribution is -0.118. The second-order valence-electron chi connectivity index (χ2n) is 3.35. The summed E-state index contributed by atoms with van der Waals surface area (Å²) in [6, 6.07) is 3.66. The zero-order chi connectivity index (χ0) is 11.5. The molecule has 5 nitrogen and oxygen atoms in total. The van der Waals surface area contributed by atoms with Crippen molar-refractivity contribution in [3.63, 3.8) is 0 Å². The molecule has 1 saturated heterocycles. The summed E-state index contributed by atoms with van der Waals surface area (Å²) in [6.45, 7) is 3.68. The average molecular weight is 237 g/mol. The van der Waals surface area contributed by atoms with Crippen LogP contribution in [0.25, 0.3) is 0 Å². The minimum absolute atomic E-state index is 0.0345. The summed E-state index contributed by atoms with van der Waals surface area (Å²) in [5.74, 6) is 1.43. The van der Waals surface area contributed by atoms with Gasteiger partial charge in [0.25, 0.3) is 0 Å². The van der Waals surface area contributed by atoms with Gasteiger partial charge in [0.05, 0.1) is 11.5 Å². The first kappa shape index (κ1) is 10.9. The van der Waals surface area contributed by atoms with Crippen LogP contribution in [-0.4, -0.2) is 22.5 Å². The molecule has 1 fully saturated rings. The third-order valence-corrected chi connectivity index (χ3v) is 2.96. The molecule has 0 aliphatic carbocycles. The van der Waals surface area contributed by atoms with E-state index in [1.165, 1.54) is 18.0 Å². The van der Waals surface area contributed by atoms with Gasteiger partial charge in [0, 0.05) is 0 Å². The van der Waals surface area contributed by atoms with Gasteiger partial charge in [-0.1, -0.05) is 11.8 Å². The first-order valence-corrected chi connectivity index (χ1v) is 5.68. The second-order valence-corrected chi connectivity index (χ2v) is 4.68. The molecule has 0 spiro atoms. The maximum absolute atomic E-state index is 11.1. The fourth-order valence-electron chi connectivity index (χ4n) is 1.17. The summed E-state index contributed by atoms with van der Waals surface area (Å²) in [7, 11) is 0. The van der Waals surface area contributed by atoms with Crippen LogP contribution in [0, 0.1) is 6.92 Å². The van der Waals surface area contributed by atoms with Gasteiger partial charge < -0.3 is 9.73 Å². The molecule has 16 heavy (non-hydrogen) atoms. The van der Waals surface area contributed by atoms with Crippen LogP contribution < -0.4 is 5.32 Å². The summed E-state index contributed by atoms with van der Waals surface area (Å²) in [5.41, 5.74) is 0. The quantitative estimate of drug-likeness (QED) is 0.626. The monoisotopic (exact) mass is 237 g/mol. The van der Waals surface area contributed by atoms with Crippen LogP contribution in [0.3, 0.4) is 0 Å². The van der Waals surface area contributed by atoms with Crippen molar-refractivity contribution in [2.45, 2.75) is 19.1 Å². The number of hydrogen-bond donors (Lipinski definition) is 1. The Bertz CT molecular complexity index is 464. The molecule has 1 unspecified atom stereocenters. The molecular weight excluding hydrogens is 226 g/mol. The minimum atomic E-state index is -0.0974. The van der Waals surface area contributed by atoms with Crippen molar-refractivity contribution in [2.75, 3.05) is 0 Å².